The van der Waals surface area contributed by atoms with Crippen molar-refractivity contribution in [1.82, 2.24) is 9.97 Å². The number of hydrogen-bond acceptors (Lipinski definition) is 5. The molecule has 0 saturated heterocycles. The highest BCUT2D eigenvalue weighted by Crippen LogP contribution is 2.36. The second kappa shape index (κ2) is 6.29. The summed E-state index contributed by atoms with van der Waals surface area (Å²) < 4.78 is 0. The topological polar surface area (TPSA) is 58.0 Å². The molecule has 3 aromatic heterocycles. The van der Waals surface area contributed by atoms with Gasteiger partial charge in [0.15, 0.2) is 0 Å². The Balaban J connectivity index is 1.83. The second-order valence-corrected chi connectivity index (χ2v) is 6.39. The number of fused-ring (bicyclic) bond motifs is 1. The molecule has 0 fully saturated rings. The van der Waals surface area contributed by atoms with Gasteiger partial charge in [-0.2, -0.15) is 0 Å². The average molecular weight is 333 g/mol. The van der Waals surface area contributed by atoms with Gasteiger partial charge in [-0.1, -0.05) is 18.2 Å². The fourth-order valence-corrected chi connectivity index (χ4v) is 3.50. The van der Waals surface area contributed by atoms with Crippen LogP contribution in [0.25, 0.3) is 10.9 Å². The van der Waals surface area contributed by atoms with E-state index in [0.717, 1.165) is 27.2 Å². The van der Waals surface area contributed by atoms with E-state index in [1.807, 2.05) is 53.9 Å². The van der Waals surface area contributed by atoms with E-state index in [2.05, 4.69) is 15.3 Å². The second-order valence-electron chi connectivity index (χ2n) is 5.41. The maximum Gasteiger partial charge on any atom is 0.126 e. The van der Waals surface area contributed by atoms with Crippen LogP contribution in [-0.4, -0.2) is 15.1 Å². The number of pyridine rings is 2. The Hall–Kier alpha value is -2.92. The third-order valence-electron chi connectivity index (χ3n) is 3.85. The minimum atomic E-state index is -0.189. The molecule has 5 heteroatoms. The van der Waals surface area contributed by atoms with Crippen molar-refractivity contribution < 1.29 is 5.11 Å². The number of thiophene rings is 1. The molecule has 2 N–H and O–H groups in total. The van der Waals surface area contributed by atoms with Crippen LogP contribution in [0, 0.1) is 0 Å². The van der Waals surface area contributed by atoms with Gasteiger partial charge in [-0.05, 0) is 41.8 Å². The number of nitrogens with one attached hydrogen (secondary N) is 1. The summed E-state index contributed by atoms with van der Waals surface area (Å²) in [6.45, 7) is 0. The number of nitrogens with zero attached hydrogens (tertiary/aromatic N) is 2. The fourth-order valence-electron chi connectivity index (χ4n) is 2.71. The minimum absolute atomic E-state index is 0.189. The summed E-state index contributed by atoms with van der Waals surface area (Å²) in [4.78, 5) is 9.85. The SMILES string of the molecule is Oc1cc2cccnc2cc1C(Nc1ccccn1)c1cccs1. The van der Waals surface area contributed by atoms with E-state index in [1.54, 1.807) is 29.8 Å². The molecule has 0 aliphatic carbocycles. The number of aromatic hydroxyl groups is 1. The van der Waals surface area contributed by atoms with E-state index in [-0.39, 0.29) is 11.8 Å². The van der Waals surface area contributed by atoms with E-state index >= 15 is 0 Å². The van der Waals surface area contributed by atoms with Crippen LogP contribution in [0.3, 0.4) is 0 Å². The van der Waals surface area contributed by atoms with Gasteiger partial charge in [-0.15, -0.1) is 11.3 Å². The molecule has 0 bridgehead atoms. The highest BCUT2D eigenvalue weighted by Gasteiger charge is 2.20. The largest absolute Gasteiger partial charge is 0.508 e. The molecule has 1 atom stereocenters. The summed E-state index contributed by atoms with van der Waals surface area (Å²) in [5.41, 5.74) is 1.64. The normalized spacial score (nSPS) is 12.2. The minimum Gasteiger partial charge on any atom is -0.508 e. The standard InChI is InChI=1S/C19H15N3OS/c23-16-11-13-5-3-9-20-15(13)12-14(16)19(17-6-4-10-24-17)22-18-7-1-2-8-21-18/h1-12,19,23H,(H,21,22). The average Bonchev–Trinajstić information content (AvgIpc) is 3.14. The molecule has 0 aliphatic rings. The number of phenols is 1. The smallest absolute Gasteiger partial charge is 0.126 e. The Bertz CT molecular complexity index is 955. The van der Waals surface area contributed by atoms with Gasteiger partial charge >= 0.3 is 0 Å². The van der Waals surface area contributed by atoms with Crippen molar-refractivity contribution in [3.05, 3.63) is 82.8 Å². The predicted molar refractivity (Wildman–Crippen MR) is 97.4 cm³/mol. The number of benzene rings is 1. The van der Waals surface area contributed by atoms with Crippen molar-refractivity contribution >= 4 is 28.1 Å². The van der Waals surface area contributed by atoms with E-state index in [1.165, 1.54) is 0 Å². The number of phenolic OH excluding ortho intramolecular Hbond substituents is 1. The molecular weight excluding hydrogens is 318 g/mol. The summed E-state index contributed by atoms with van der Waals surface area (Å²) in [5.74, 6) is 1.01. The zero-order chi connectivity index (χ0) is 16.4. The molecule has 118 valence electrons. The number of rotatable bonds is 4. The van der Waals surface area contributed by atoms with Crippen LogP contribution in [0.2, 0.25) is 0 Å². The maximum atomic E-state index is 10.6. The van der Waals surface area contributed by atoms with Crippen molar-refractivity contribution in [3.63, 3.8) is 0 Å². The van der Waals surface area contributed by atoms with E-state index < -0.39 is 0 Å². The molecule has 4 aromatic rings. The van der Waals surface area contributed by atoms with Gasteiger partial charge < -0.3 is 10.4 Å². The lowest BCUT2D eigenvalue weighted by Crippen LogP contribution is -2.12. The number of aromatic nitrogens is 2. The first kappa shape index (κ1) is 14.7. The summed E-state index contributed by atoms with van der Waals surface area (Å²) in [6.07, 6.45) is 3.51. The molecule has 4 nitrogen and oxygen atoms in total. The zero-order valence-electron chi connectivity index (χ0n) is 12.8. The Morgan fingerprint density at radius 2 is 1.88 bits per heavy atom. The highest BCUT2D eigenvalue weighted by molar-refractivity contribution is 7.10. The van der Waals surface area contributed by atoms with Crippen LogP contribution in [0.5, 0.6) is 5.75 Å². The van der Waals surface area contributed by atoms with Gasteiger partial charge in [0.1, 0.15) is 11.6 Å². The Morgan fingerprint density at radius 1 is 0.958 bits per heavy atom. The van der Waals surface area contributed by atoms with Crippen LogP contribution in [0.1, 0.15) is 16.5 Å². The molecule has 4 rings (SSSR count). The fraction of sp³-hybridized carbons (Fsp3) is 0.0526. The van der Waals surface area contributed by atoms with Crippen LogP contribution in [-0.2, 0) is 0 Å². The maximum absolute atomic E-state index is 10.6. The monoisotopic (exact) mass is 333 g/mol. The Kier molecular flexibility index (Phi) is 3.84. The summed E-state index contributed by atoms with van der Waals surface area (Å²) in [7, 11) is 0. The quantitative estimate of drug-likeness (QED) is 0.573. The molecule has 0 amide bonds. The molecule has 0 spiro atoms. The van der Waals surface area contributed by atoms with Gasteiger partial charge in [0.25, 0.3) is 0 Å². The molecule has 0 aliphatic heterocycles. The lowest BCUT2D eigenvalue weighted by molar-refractivity contribution is 0.467. The summed E-state index contributed by atoms with van der Waals surface area (Å²) in [6, 6.07) is 17.1. The van der Waals surface area contributed by atoms with Crippen LogP contribution in [0.4, 0.5) is 5.82 Å². The third-order valence-corrected chi connectivity index (χ3v) is 4.78. The zero-order valence-corrected chi connectivity index (χ0v) is 13.6. The first-order chi connectivity index (χ1) is 11.8. The highest BCUT2D eigenvalue weighted by atomic mass is 32.1. The van der Waals surface area contributed by atoms with E-state index in [9.17, 15) is 5.11 Å². The van der Waals surface area contributed by atoms with Crippen molar-refractivity contribution in [3.8, 4) is 5.75 Å². The molecule has 3 heterocycles. The third kappa shape index (κ3) is 2.81. The molecule has 0 radical (unpaired) electrons. The van der Waals surface area contributed by atoms with Gasteiger partial charge in [0.05, 0.1) is 11.6 Å². The summed E-state index contributed by atoms with van der Waals surface area (Å²) in [5, 5.41) is 16.9. The molecular formula is C19H15N3OS. The molecule has 1 aromatic carbocycles. The van der Waals surface area contributed by atoms with Crippen molar-refractivity contribution in [2.45, 2.75) is 6.04 Å². The van der Waals surface area contributed by atoms with Crippen LogP contribution in [0.15, 0.2) is 72.4 Å². The first-order valence-electron chi connectivity index (χ1n) is 7.60. The van der Waals surface area contributed by atoms with Gasteiger partial charge in [0, 0.05) is 28.2 Å². The van der Waals surface area contributed by atoms with Crippen molar-refractivity contribution in [1.29, 1.82) is 0 Å². The first-order valence-corrected chi connectivity index (χ1v) is 8.48. The van der Waals surface area contributed by atoms with Gasteiger partial charge in [-0.25, -0.2) is 4.98 Å². The van der Waals surface area contributed by atoms with Crippen molar-refractivity contribution in [2.24, 2.45) is 0 Å². The van der Waals surface area contributed by atoms with Crippen molar-refractivity contribution in [2.75, 3.05) is 5.32 Å². The molecule has 24 heavy (non-hydrogen) atoms. The predicted octanol–water partition coefficient (Wildman–Crippen LogP) is 4.60. The number of anilines is 1. The van der Waals surface area contributed by atoms with Crippen LogP contribution >= 0.6 is 11.3 Å². The Morgan fingerprint density at radius 3 is 2.67 bits per heavy atom. The van der Waals surface area contributed by atoms with Gasteiger partial charge in [-0.3, -0.25) is 4.98 Å². The van der Waals surface area contributed by atoms with Gasteiger partial charge in [0.2, 0.25) is 0 Å². The lowest BCUT2D eigenvalue weighted by atomic mass is 10.0. The Labute approximate surface area is 143 Å². The lowest BCUT2D eigenvalue weighted by Gasteiger charge is -2.20. The molecule has 0 saturated carbocycles. The summed E-state index contributed by atoms with van der Waals surface area (Å²) >= 11 is 1.64. The molecule has 1 unspecified atom stereocenters. The van der Waals surface area contributed by atoms with E-state index in [0.29, 0.717) is 0 Å². The van der Waals surface area contributed by atoms with Crippen LogP contribution < -0.4 is 5.32 Å². The number of hydrogen-bond donors (Lipinski definition) is 2. The van der Waals surface area contributed by atoms with E-state index in [4.69, 9.17) is 0 Å².